The summed E-state index contributed by atoms with van der Waals surface area (Å²) < 4.78 is 5.14. The van der Waals surface area contributed by atoms with Crippen LogP contribution < -0.4 is 0 Å². The maximum Gasteiger partial charge on any atom is 0.247 e. The van der Waals surface area contributed by atoms with Crippen molar-refractivity contribution in [3.05, 3.63) is 35.7 Å². The summed E-state index contributed by atoms with van der Waals surface area (Å²) in [5.41, 5.74) is 3.38. The van der Waals surface area contributed by atoms with Gasteiger partial charge in [0, 0.05) is 10.9 Å². The summed E-state index contributed by atoms with van der Waals surface area (Å²) in [5.74, 6) is 0.573. The molecule has 0 saturated carbocycles. The lowest BCUT2D eigenvalue weighted by atomic mass is 10.1. The van der Waals surface area contributed by atoms with Crippen LogP contribution in [0.2, 0.25) is 0 Å². The van der Waals surface area contributed by atoms with Crippen LogP contribution in [0.15, 0.2) is 29.0 Å². The standard InChI is InChI=1S/C10H9BrN2O/c1-7-4-8(5-11)2-3-9(7)10-13-12-6-14-10/h2-4,6H,5H2,1H3. The Morgan fingerprint density at radius 3 is 2.86 bits per heavy atom. The van der Waals surface area contributed by atoms with Crippen LogP contribution in [0.3, 0.4) is 0 Å². The van der Waals surface area contributed by atoms with Gasteiger partial charge in [0.2, 0.25) is 12.3 Å². The van der Waals surface area contributed by atoms with Crippen LogP contribution in [0.25, 0.3) is 11.5 Å². The highest BCUT2D eigenvalue weighted by molar-refractivity contribution is 9.08. The van der Waals surface area contributed by atoms with Crippen LogP contribution in [-0.4, -0.2) is 10.2 Å². The van der Waals surface area contributed by atoms with Gasteiger partial charge in [-0.1, -0.05) is 28.1 Å². The van der Waals surface area contributed by atoms with Crippen LogP contribution in [0, 0.1) is 6.92 Å². The van der Waals surface area contributed by atoms with E-state index in [2.05, 4.69) is 32.2 Å². The zero-order chi connectivity index (χ0) is 9.97. The van der Waals surface area contributed by atoms with Crippen molar-refractivity contribution in [1.29, 1.82) is 0 Å². The quantitative estimate of drug-likeness (QED) is 0.772. The van der Waals surface area contributed by atoms with Crippen LogP contribution in [-0.2, 0) is 5.33 Å². The number of halogens is 1. The molecule has 0 saturated heterocycles. The minimum Gasteiger partial charge on any atom is -0.423 e. The molecule has 1 aromatic heterocycles. The summed E-state index contributed by atoms with van der Waals surface area (Å²) in [7, 11) is 0. The van der Waals surface area contributed by atoms with Gasteiger partial charge in [-0.25, -0.2) is 0 Å². The topological polar surface area (TPSA) is 38.9 Å². The fourth-order valence-electron chi connectivity index (χ4n) is 1.34. The van der Waals surface area contributed by atoms with Crippen molar-refractivity contribution in [2.75, 3.05) is 0 Å². The van der Waals surface area contributed by atoms with E-state index in [1.54, 1.807) is 0 Å². The molecule has 1 aromatic carbocycles. The number of aromatic nitrogens is 2. The van der Waals surface area contributed by atoms with E-state index >= 15 is 0 Å². The minimum absolute atomic E-state index is 0.573. The smallest absolute Gasteiger partial charge is 0.247 e. The van der Waals surface area contributed by atoms with Gasteiger partial charge in [-0.3, -0.25) is 0 Å². The molecule has 0 aliphatic rings. The first-order valence-corrected chi connectivity index (χ1v) is 5.35. The van der Waals surface area contributed by atoms with Gasteiger partial charge in [-0.2, -0.15) is 0 Å². The maximum atomic E-state index is 5.14. The van der Waals surface area contributed by atoms with Crippen molar-refractivity contribution < 1.29 is 4.42 Å². The molecular formula is C10H9BrN2O. The van der Waals surface area contributed by atoms with Crippen LogP contribution in [0.5, 0.6) is 0 Å². The van der Waals surface area contributed by atoms with Gasteiger partial charge >= 0.3 is 0 Å². The Morgan fingerprint density at radius 2 is 2.29 bits per heavy atom. The number of hydrogen-bond donors (Lipinski definition) is 0. The largest absolute Gasteiger partial charge is 0.423 e. The lowest BCUT2D eigenvalue weighted by molar-refractivity contribution is 0.568. The highest BCUT2D eigenvalue weighted by Gasteiger charge is 2.06. The van der Waals surface area contributed by atoms with E-state index in [-0.39, 0.29) is 0 Å². The third-order valence-corrected chi connectivity index (χ3v) is 2.68. The first-order valence-electron chi connectivity index (χ1n) is 4.23. The molecule has 2 aromatic rings. The molecule has 0 unspecified atom stereocenters. The third-order valence-electron chi connectivity index (χ3n) is 2.04. The number of benzene rings is 1. The van der Waals surface area contributed by atoms with Crippen molar-refractivity contribution in [1.82, 2.24) is 10.2 Å². The minimum atomic E-state index is 0.573. The zero-order valence-corrected chi connectivity index (χ0v) is 9.28. The fourth-order valence-corrected chi connectivity index (χ4v) is 1.69. The molecule has 0 fully saturated rings. The first-order chi connectivity index (χ1) is 6.81. The third kappa shape index (κ3) is 1.70. The van der Waals surface area contributed by atoms with E-state index in [1.807, 2.05) is 19.1 Å². The summed E-state index contributed by atoms with van der Waals surface area (Å²) in [6.45, 7) is 2.03. The molecule has 0 N–H and O–H groups in total. The van der Waals surface area contributed by atoms with Gasteiger partial charge < -0.3 is 4.42 Å². The number of alkyl halides is 1. The van der Waals surface area contributed by atoms with Gasteiger partial charge in [-0.15, -0.1) is 10.2 Å². The second kappa shape index (κ2) is 3.92. The molecular weight excluding hydrogens is 244 g/mol. The van der Waals surface area contributed by atoms with E-state index in [4.69, 9.17) is 4.42 Å². The van der Waals surface area contributed by atoms with Crippen LogP contribution in [0.4, 0.5) is 0 Å². The molecule has 0 radical (unpaired) electrons. The number of nitrogens with zero attached hydrogens (tertiary/aromatic N) is 2. The Balaban J connectivity index is 2.46. The molecule has 0 amide bonds. The lowest BCUT2D eigenvalue weighted by Crippen LogP contribution is -1.86. The van der Waals surface area contributed by atoms with E-state index in [1.165, 1.54) is 12.0 Å². The van der Waals surface area contributed by atoms with Crippen molar-refractivity contribution in [2.24, 2.45) is 0 Å². The van der Waals surface area contributed by atoms with E-state index < -0.39 is 0 Å². The summed E-state index contributed by atoms with van der Waals surface area (Å²) in [4.78, 5) is 0. The average molecular weight is 253 g/mol. The Kier molecular flexibility index (Phi) is 2.63. The summed E-state index contributed by atoms with van der Waals surface area (Å²) in [5, 5.41) is 8.39. The molecule has 3 nitrogen and oxygen atoms in total. The van der Waals surface area contributed by atoms with E-state index in [9.17, 15) is 0 Å². The Bertz CT molecular complexity index is 426. The SMILES string of the molecule is Cc1cc(CBr)ccc1-c1nnco1. The molecule has 2 rings (SSSR count). The van der Waals surface area contributed by atoms with Crippen molar-refractivity contribution in [2.45, 2.75) is 12.3 Å². The van der Waals surface area contributed by atoms with Crippen molar-refractivity contribution >= 4 is 15.9 Å². The Labute approximate surface area is 90.3 Å². The van der Waals surface area contributed by atoms with Crippen molar-refractivity contribution in [3.63, 3.8) is 0 Å². The molecule has 72 valence electrons. The first kappa shape index (κ1) is 9.40. The lowest BCUT2D eigenvalue weighted by Gasteiger charge is -2.02. The predicted octanol–water partition coefficient (Wildman–Crippen LogP) is 2.94. The molecule has 14 heavy (non-hydrogen) atoms. The summed E-state index contributed by atoms with van der Waals surface area (Å²) in [6, 6.07) is 6.15. The highest BCUT2D eigenvalue weighted by atomic mass is 79.9. The van der Waals surface area contributed by atoms with Crippen LogP contribution >= 0.6 is 15.9 Å². The molecule has 1 heterocycles. The van der Waals surface area contributed by atoms with Crippen molar-refractivity contribution in [3.8, 4) is 11.5 Å². The second-order valence-corrected chi connectivity index (χ2v) is 3.59. The molecule has 0 aliphatic heterocycles. The maximum absolute atomic E-state index is 5.14. The normalized spacial score (nSPS) is 10.4. The van der Waals surface area contributed by atoms with Crippen LogP contribution in [0.1, 0.15) is 11.1 Å². The van der Waals surface area contributed by atoms with E-state index in [0.717, 1.165) is 16.5 Å². The predicted molar refractivity (Wildman–Crippen MR) is 57.1 cm³/mol. The molecule has 0 aliphatic carbocycles. The van der Waals surface area contributed by atoms with Gasteiger partial charge in [0.25, 0.3) is 0 Å². The summed E-state index contributed by atoms with van der Waals surface area (Å²) in [6.07, 6.45) is 1.34. The highest BCUT2D eigenvalue weighted by Crippen LogP contribution is 2.22. The monoisotopic (exact) mass is 252 g/mol. The zero-order valence-electron chi connectivity index (χ0n) is 7.70. The Hall–Kier alpha value is -1.16. The summed E-state index contributed by atoms with van der Waals surface area (Å²) >= 11 is 3.41. The molecule has 0 atom stereocenters. The van der Waals surface area contributed by atoms with Gasteiger partial charge in [0.1, 0.15) is 0 Å². The second-order valence-electron chi connectivity index (χ2n) is 3.03. The average Bonchev–Trinajstić information content (AvgIpc) is 2.70. The van der Waals surface area contributed by atoms with Gasteiger partial charge in [-0.05, 0) is 24.1 Å². The molecule has 0 spiro atoms. The number of aryl methyl sites for hydroxylation is 1. The number of rotatable bonds is 2. The van der Waals surface area contributed by atoms with Gasteiger partial charge in [0.15, 0.2) is 0 Å². The molecule has 4 heteroatoms. The van der Waals surface area contributed by atoms with E-state index in [0.29, 0.717) is 5.89 Å². The Morgan fingerprint density at radius 1 is 1.43 bits per heavy atom. The van der Waals surface area contributed by atoms with Gasteiger partial charge in [0.05, 0.1) is 0 Å². The molecule has 0 bridgehead atoms. The fraction of sp³-hybridized carbons (Fsp3) is 0.200. The number of hydrogen-bond acceptors (Lipinski definition) is 3.